The van der Waals surface area contributed by atoms with Gasteiger partial charge in [0.05, 0.1) is 17.4 Å². The number of nitrogens with zero attached hydrogens (tertiary/aromatic N) is 2. The van der Waals surface area contributed by atoms with Crippen molar-refractivity contribution >= 4 is 33.1 Å². The van der Waals surface area contributed by atoms with Crippen LogP contribution < -0.4 is 10.9 Å². The summed E-state index contributed by atoms with van der Waals surface area (Å²) in [6.45, 7) is 1.55. The van der Waals surface area contributed by atoms with E-state index < -0.39 is 11.7 Å². The van der Waals surface area contributed by atoms with Crippen molar-refractivity contribution in [2.24, 2.45) is 0 Å². The number of carbonyl (C=O) groups is 1. The zero-order chi connectivity index (χ0) is 20.5. The Morgan fingerprint density at radius 3 is 2.59 bits per heavy atom. The van der Waals surface area contributed by atoms with E-state index in [4.69, 9.17) is 0 Å². The first-order valence-electron chi connectivity index (χ1n) is 8.73. The van der Waals surface area contributed by atoms with Crippen LogP contribution in [0.4, 0.5) is 14.5 Å². The van der Waals surface area contributed by atoms with Crippen molar-refractivity contribution in [3.63, 3.8) is 0 Å². The largest absolute Gasteiger partial charge is 0.322 e. The number of amides is 1. The van der Waals surface area contributed by atoms with Crippen molar-refractivity contribution in [3.05, 3.63) is 81.7 Å². The number of hydrogen-bond donors (Lipinski definition) is 1. The van der Waals surface area contributed by atoms with Crippen LogP contribution in [0.25, 0.3) is 21.3 Å². The number of thiophene rings is 1. The van der Waals surface area contributed by atoms with Gasteiger partial charge in [-0.1, -0.05) is 24.3 Å². The summed E-state index contributed by atoms with van der Waals surface area (Å²) >= 11 is 1.36. The summed E-state index contributed by atoms with van der Waals surface area (Å²) in [7, 11) is 0. The molecule has 0 saturated heterocycles. The summed E-state index contributed by atoms with van der Waals surface area (Å²) in [4.78, 5) is 31.1. The van der Waals surface area contributed by atoms with Gasteiger partial charge in [-0.2, -0.15) is 0 Å². The Kier molecular flexibility index (Phi) is 4.94. The molecule has 0 saturated carbocycles. The van der Waals surface area contributed by atoms with E-state index >= 15 is 0 Å². The highest BCUT2D eigenvalue weighted by molar-refractivity contribution is 7.19. The Morgan fingerprint density at radius 2 is 1.86 bits per heavy atom. The fourth-order valence-electron chi connectivity index (χ4n) is 3.12. The second kappa shape index (κ2) is 7.56. The Labute approximate surface area is 168 Å². The predicted octanol–water partition coefficient (Wildman–Crippen LogP) is 4.35. The third-order valence-electron chi connectivity index (χ3n) is 4.45. The van der Waals surface area contributed by atoms with Gasteiger partial charge in [-0.25, -0.2) is 13.8 Å². The summed E-state index contributed by atoms with van der Waals surface area (Å²) in [5.41, 5.74) is 1.02. The maximum atomic E-state index is 13.7. The zero-order valence-corrected chi connectivity index (χ0v) is 16.1. The van der Waals surface area contributed by atoms with Gasteiger partial charge in [-0.05, 0) is 36.8 Å². The van der Waals surface area contributed by atoms with Crippen LogP contribution in [0.5, 0.6) is 0 Å². The number of aromatic nitrogens is 2. The van der Waals surface area contributed by atoms with Gasteiger partial charge >= 0.3 is 0 Å². The van der Waals surface area contributed by atoms with Crippen molar-refractivity contribution in [2.75, 3.05) is 5.32 Å². The zero-order valence-electron chi connectivity index (χ0n) is 15.3. The maximum Gasteiger partial charge on any atom is 0.263 e. The fourth-order valence-corrected chi connectivity index (χ4v) is 4.12. The number of aryl methyl sites for hydroxylation is 1. The molecule has 0 aliphatic carbocycles. The van der Waals surface area contributed by atoms with Crippen LogP contribution in [-0.2, 0) is 11.3 Å². The molecule has 0 aliphatic heterocycles. The number of rotatable bonds is 4. The monoisotopic (exact) mass is 411 g/mol. The lowest BCUT2D eigenvalue weighted by Gasteiger charge is -2.08. The molecule has 4 aromatic rings. The smallest absolute Gasteiger partial charge is 0.263 e. The van der Waals surface area contributed by atoms with Crippen molar-refractivity contribution in [2.45, 2.75) is 13.5 Å². The first-order valence-corrected chi connectivity index (χ1v) is 9.54. The standard InChI is InChI=1S/C21H15F2N3O2S/c1-12-18(13-6-8-14(22)9-7-13)19-20(29-12)24-11-26(21(19)28)10-17(27)25-16-5-3-2-4-15(16)23/h2-9,11H,10H2,1H3,(H,25,27). The molecule has 2 aromatic carbocycles. The normalized spacial score (nSPS) is 11.0. The summed E-state index contributed by atoms with van der Waals surface area (Å²) in [5, 5.41) is 2.83. The lowest BCUT2D eigenvalue weighted by Crippen LogP contribution is -2.28. The lowest BCUT2D eigenvalue weighted by molar-refractivity contribution is -0.116. The number of hydrogen-bond acceptors (Lipinski definition) is 4. The lowest BCUT2D eigenvalue weighted by atomic mass is 10.0. The fraction of sp³-hybridized carbons (Fsp3) is 0.0952. The van der Waals surface area contributed by atoms with E-state index in [0.717, 1.165) is 4.88 Å². The van der Waals surface area contributed by atoms with Crippen LogP contribution in [-0.4, -0.2) is 15.5 Å². The summed E-state index contributed by atoms with van der Waals surface area (Å²) < 4.78 is 28.2. The molecule has 8 heteroatoms. The van der Waals surface area contributed by atoms with Crippen LogP contribution in [0, 0.1) is 18.6 Å². The van der Waals surface area contributed by atoms with Crippen LogP contribution in [0.3, 0.4) is 0 Å². The average molecular weight is 411 g/mol. The van der Waals surface area contributed by atoms with Crippen molar-refractivity contribution in [1.82, 2.24) is 9.55 Å². The van der Waals surface area contributed by atoms with Gasteiger partial charge in [-0.15, -0.1) is 11.3 Å². The van der Waals surface area contributed by atoms with Crippen molar-refractivity contribution in [3.8, 4) is 11.1 Å². The van der Waals surface area contributed by atoms with Gasteiger partial charge in [0.15, 0.2) is 0 Å². The quantitative estimate of drug-likeness (QED) is 0.543. The third kappa shape index (κ3) is 3.66. The van der Waals surface area contributed by atoms with Gasteiger partial charge in [0.2, 0.25) is 5.91 Å². The number of fused-ring (bicyclic) bond motifs is 1. The van der Waals surface area contributed by atoms with E-state index in [0.29, 0.717) is 21.3 Å². The number of nitrogens with one attached hydrogen (secondary N) is 1. The molecule has 0 aliphatic rings. The van der Waals surface area contributed by atoms with Gasteiger partial charge in [-0.3, -0.25) is 14.2 Å². The summed E-state index contributed by atoms with van der Waals surface area (Å²) in [5.74, 6) is -1.48. The molecule has 1 amide bonds. The highest BCUT2D eigenvalue weighted by atomic mass is 32.1. The SMILES string of the molecule is Cc1sc2ncn(CC(=O)Nc3ccccc3F)c(=O)c2c1-c1ccc(F)cc1. The number of para-hydroxylation sites is 1. The van der Waals surface area contributed by atoms with E-state index in [1.165, 1.54) is 52.6 Å². The Hall–Kier alpha value is -3.39. The molecular weight excluding hydrogens is 396 g/mol. The Morgan fingerprint density at radius 1 is 1.14 bits per heavy atom. The second-order valence-electron chi connectivity index (χ2n) is 6.43. The summed E-state index contributed by atoms with van der Waals surface area (Å²) in [6, 6.07) is 11.6. The molecule has 0 spiro atoms. The average Bonchev–Trinajstić information content (AvgIpc) is 3.03. The van der Waals surface area contributed by atoms with Crippen molar-refractivity contribution in [1.29, 1.82) is 0 Å². The number of halogens is 2. The molecule has 2 heterocycles. The molecule has 29 heavy (non-hydrogen) atoms. The predicted molar refractivity (Wildman–Crippen MR) is 109 cm³/mol. The topological polar surface area (TPSA) is 64.0 Å². The molecule has 146 valence electrons. The Balaban J connectivity index is 1.71. The van der Waals surface area contributed by atoms with Crippen LogP contribution in [0.2, 0.25) is 0 Å². The van der Waals surface area contributed by atoms with E-state index in [9.17, 15) is 18.4 Å². The molecule has 4 rings (SSSR count). The minimum absolute atomic E-state index is 0.0398. The molecule has 0 radical (unpaired) electrons. The van der Waals surface area contributed by atoms with Gasteiger partial charge in [0, 0.05) is 10.4 Å². The highest BCUT2D eigenvalue weighted by Gasteiger charge is 2.18. The first kappa shape index (κ1) is 18.9. The van der Waals surface area contributed by atoms with E-state index in [1.54, 1.807) is 18.2 Å². The molecular formula is C21H15F2N3O2S. The molecule has 0 unspecified atom stereocenters. The van der Waals surface area contributed by atoms with Gasteiger partial charge in [0.1, 0.15) is 23.0 Å². The number of anilines is 1. The maximum absolute atomic E-state index is 13.7. The third-order valence-corrected chi connectivity index (χ3v) is 5.46. The van der Waals surface area contributed by atoms with E-state index in [2.05, 4.69) is 10.3 Å². The minimum Gasteiger partial charge on any atom is -0.322 e. The van der Waals surface area contributed by atoms with E-state index in [-0.39, 0.29) is 23.6 Å². The van der Waals surface area contributed by atoms with Crippen LogP contribution >= 0.6 is 11.3 Å². The molecule has 0 bridgehead atoms. The van der Waals surface area contributed by atoms with Crippen molar-refractivity contribution < 1.29 is 13.6 Å². The number of carbonyl (C=O) groups excluding carboxylic acids is 1. The van der Waals surface area contributed by atoms with Gasteiger partial charge in [0.25, 0.3) is 5.56 Å². The van der Waals surface area contributed by atoms with Gasteiger partial charge < -0.3 is 5.32 Å². The molecule has 1 N–H and O–H groups in total. The molecule has 0 atom stereocenters. The van der Waals surface area contributed by atoms with E-state index in [1.807, 2.05) is 6.92 Å². The molecule has 5 nitrogen and oxygen atoms in total. The van der Waals surface area contributed by atoms with Crippen LogP contribution in [0.1, 0.15) is 4.88 Å². The molecule has 2 aromatic heterocycles. The second-order valence-corrected chi connectivity index (χ2v) is 7.63. The summed E-state index contributed by atoms with van der Waals surface area (Å²) in [6.07, 6.45) is 1.30. The molecule has 0 fully saturated rings. The minimum atomic E-state index is -0.561. The Bertz CT molecular complexity index is 1280. The van der Waals surface area contributed by atoms with Crippen LogP contribution in [0.15, 0.2) is 59.7 Å². The number of benzene rings is 2. The first-order chi connectivity index (χ1) is 13.9. The highest BCUT2D eigenvalue weighted by Crippen LogP contribution is 2.35.